The van der Waals surface area contributed by atoms with E-state index in [0.717, 1.165) is 0 Å². The number of benzene rings is 1. The Hall–Kier alpha value is -2.61. The molecule has 0 aliphatic rings. The maximum atomic E-state index is 13.7. The summed E-state index contributed by atoms with van der Waals surface area (Å²) >= 11 is 0. The minimum absolute atomic E-state index is 0.189. The minimum Gasteiger partial charge on any atom is -0.494 e. The van der Waals surface area contributed by atoms with E-state index in [-0.39, 0.29) is 5.75 Å². The van der Waals surface area contributed by atoms with E-state index in [9.17, 15) is 4.39 Å². The molecule has 0 bridgehead atoms. The first kappa shape index (κ1) is 13.8. The predicted octanol–water partition coefficient (Wildman–Crippen LogP) is 3.20. The lowest BCUT2D eigenvalue weighted by Gasteiger charge is -2.09. The number of ether oxygens (including phenoxy) is 1. The van der Waals surface area contributed by atoms with E-state index < -0.39 is 5.82 Å². The Morgan fingerprint density at radius 3 is 2.75 bits per heavy atom. The smallest absolute Gasteiger partial charge is 0.165 e. The summed E-state index contributed by atoms with van der Waals surface area (Å²) < 4.78 is 18.6. The molecular formula is C15H14FN3O. The van der Waals surface area contributed by atoms with Crippen LogP contribution in [0.4, 0.5) is 10.2 Å². The normalized spacial score (nSPS) is 9.90. The summed E-state index contributed by atoms with van der Waals surface area (Å²) in [7, 11) is 1.42. The summed E-state index contributed by atoms with van der Waals surface area (Å²) in [6, 6.07) is 10.1. The van der Waals surface area contributed by atoms with Gasteiger partial charge in [-0.1, -0.05) is 0 Å². The molecule has 0 aliphatic carbocycles. The molecule has 0 saturated heterocycles. The van der Waals surface area contributed by atoms with Crippen LogP contribution in [0.3, 0.4) is 0 Å². The molecule has 0 unspecified atom stereocenters. The van der Waals surface area contributed by atoms with Crippen LogP contribution >= 0.6 is 0 Å². The van der Waals surface area contributed by atoms with Crippen molar-refractivity contribution in [2.75, 3.05) is 19.0 Å². The number of halogens is 1. The zero-order valence-corrected chi connectivity index (χ0v) is 11.3. The molecule has 2 aromatic rings. The minimum atomic E-state index is -0.443. The fraction of sp³-hybridized carbons (Fsp3) is 0.200. The molecule has 0 spiro atoms. The van der Waals surface area contributed by atoms with Crippen molar-refractivity contribution in [3.05, 3.63) is 41.7 Å². The average Bonchev–Trinajstić information content (AvgIpc) is 2.47. The topological polar surface area (TPSA) is 57.9 Å². The SMILES string of the molecule is CCNc1nc(-c2ccc(OC)c(F)c2)ccc1C#N. The van der Waals surface area contributed by atoms with Crippen LogP contribution in [0.15, 0.2) is 30.3 Å². The van der Waals surface area contributed by atoms with Gasteiger partial charge in [-0.15, -0.1) is 0 Å². The molecule has 0 saturated carbocycles. The van der Waals surface area contributed by atoms with Gasteiger partial charge in [-0.3, -0.25) is 0 Å². The number of rotatable bonds is 4. The lowest BCUT2D eigenvalue weighted by molar-refractivity contribution is 0.386. The van der Waals surface area contributed by atoms with Crippen LogP contribution in [0.1, 0.15) is 12.5 Å². The third-order valence-electron chi connectivity index (χ3n) is 2.81. The number of methoxy groups -OCH3 is 1. The molecule has 0 atom stereocenters. The summed E-state index contributed by atoms with van der Waals surface area (Å²) in [5, 5.41) is 12.0. The molecule has 0 radical (unpaired) electrons. The highest BCUT2D eigenvalue weighted by atomic mass is 19.1. The van der Waals surface area contributed by atoms with Gasteiger partial charge in [-0.25, -0.2) is 9.37 Å². The highest BCUT2D eigenvalue weighted by molar-refractivity contribution is 5.65. The molecule has 1 heterocycles. The van der Waals surface area contributed by atoms with Gasteiger partial charge in [0.05, 0.1) is 18.4 Å². The summed E-state index contributed by atoms with van der Waals surface area (Å²) in [5.74, 6) is 0.249. The molecule has 2 rings (SSSR count). The zero-order chi connectivity index (χ0) is 14.5. The van der Waals surface area contributed by atoms with Crippen LogP contribution < -0.4 is 10.1 Å². The van der Waals surface area contributed by atoms with E-state index in [1.807, 2.05) is 6.92 Å². The van der Waals surface area contributed by atoms with Crippen LogP contribution in [-0.4, -0.2) is 18.6 Å². The quantitative estimate of drug-likeness (QED) is 0.927. The highest BCUT2D eigenvalue weighted by Crippen LogP contribution is 2.26. The second-order valence-electron chi connectivity index (χ2n) is 4.08. The van der Waals surface area contributed by atoms with Gasteiger partial charge < -0.3 is 10.1 Å². The van der Waals surface area contributed by atoms with Crippen molar-refractivity contribution >= 4 is 5.82 Å². The fourth-order valence-corrected chi connectivity index (χ4v) is 1.84. The first-order chi connectivity index (χ1) is 9.69. The first-order valence-electron chi connectivity index (χ1n) is 6.18. The van der Waals surface area contributed by atoms with Crippen LogP contribution in [-0.2, 0) is 0 Å². The Morgan fingerprint density at radius 2 is 2.15 bits per heavy atom. The van der Waals surface area contributed by atoms with Crippen molar-refractivity contribution < 1.29 is 9.13 Å². The third kappa shape index (κ3) is 2.69. The molecule has 1 aromatic heterocycles. The van der Waals surface area contributed by atoms with E-state index in [2.05, 4.69) is 16.4 Å². The van der Waals surface area contributed by atoms with Gasteiger partial charge in [-0.2, -0.15) is 5.26 Å². The van der Waals surface area contributed by atoms with E-state index in [0.29, 0.717) is 29.2 Å². The molecule has 102 valence electrons. The van der Waals surface area contributed by atoms with Gasteiger partial charge in [-0.05, 0) is 37.3 Å². The molecule has 0 aliphatic heterocycles. The standard InChI is InChI=1S/C15H14FN3O/c1-3-18-15-11(9-17)4-6-13(19-15)10-5-7-14(20-2)12(16)8-10/h4-8H,3H2,1-2H3,(H,18,19). The molecule has 1 N–H and O–H groups in total. The van der Waals surface area contributed by atoms with Gasteiger partial charge >= 0.3 is 0 Å². The van der Waals surface area contributed by atoms with Crippen molar-refractivity contribution in [3.63, 3.8) is 0 Å². The lowest BCUT2D eigenvalue weighted by Crippen LogP contribution is -2.02. The van der Waals surface area contributed by atoms with Crippen LogP contribution in [0.5, 0.6) is 5.75 Å². The molecule has 1 aromatic carbocycles. The molecule has 0 amide bonds. The number of nitriles is 1. The molecular weight excluding hydrogens is 257 g/mol. The third-order valence-corrected chi connectivity index (χ3v) is 2.81. The van der Waals surface area contributed by atoms with E-state index in [1.54, 1.807) is 24.3 Å². The lowest BCUT2D eigenvalue weighted by atomic mass is 10.1. The van der Waals surface area contributed by atoms with Crippen molar-refractivity contribution in [3.8, 4) is 23.1 Å². The first-order valence-corrected chi connectivity index (χ1v) is 6.18. The van der Waals surface area contributed by atoms with Crippen LogP contribution in [0, 0.1) is 17.1 Å². The summed E-state index contributed by atoms with van der Waals surface area (Å²) in [6.07, 6.45) is 0. The van der Waals surface area contributed by atoms with Gasteiger partial charge in [0, 0.05) is 12.1 Å². The number of nitrogens with zero attached hydrogens (tertiary/aromatic N) is 2. The highest BCUT2D eigenvalue weighted by Gasteiger charge is 2.09. The maximum absolute atomic E-state index is 13.7. The van der Waals surface area contributed by atoms with Gasteiger partial charge in [0.15, 0.2) is 11.6 Å². The Kier molecular flexibility index (Phi) is 4.16. The Bertz CT molecular complexity index is 665. The van der Waals surface area contributed by atoms with Crippen LogP contribution in [0.2, 0.25) is 0 Å². The summed E-state index contributed by atoms with van der Waals surface area (Å²) in [5.41, 5.74) is 1.69. The van der Waals surface area contributed by atoms with E-state index >= 15 is 0 Å². The Labute approximate surface area is 116 Å². The van der Waals surface area contributed by atoms with Crippen molar-refractivity contribution in [1.29, 1.82) is 5.26 Å². The number of aromatic nitrogens is 1. The fourth-order valence-electron chi connectivity index (χ4n) is 1.84. The predicted molar refractivity (Wildman–Crippen MR) is 75.1 cm³/mol. The maximum Gasteiger partial charge on any atom is 0.165 e. The van der Waals surface area contributed by atoms with E-state index in [4.69, 9.17) is 10.00 Å². The number of pyridine rings is 1. The molecule has 4 nitrogen and oxygen atoms in total. The Balaban J connectivity index is 2.45. The number of hydrogen-bond acceptors (Lipinski definition) is 4. The Morgan fingerprint density at radius 1 is 1.35 bits per heavy atom. The largest absolute Gasteiger partial charge is 0.494 e. The monoisotopic (exact) mass is 271 g/mol. The number of anilines is 1. The van der Waals surface area contributed by atoms with Gasteiger partial charge in [0.25, 0.3) is 0 Å². The van der Waals surface area contributed by atoms with Gasteiger partial charge in [0.1, 0.15) is 11.9 Å². The van der Waals surface area contributed by atoms with Crippen LogP contribution in [0.25, 0.3) is 11.3 Å². The van der Waals surface area contributed by atoms with Crippen molar-refractivity contribution in [2.24, 2.45) is 0 Å². The average molecular weight is 271 g/mol. The summed E-state index contributed by atoms with van der Waals surface area (Å²) in [6.45, 7) is 2.57. The molecule has 5 heteroatoms. The zero-order valence-electron chi connectivity index (χ0n) is 11.3. The second-order valence-corrected chi connectivity index (χ2v) is 4.08. The second kappa shape index (κ2) is 6.02. The summed E-state index contributed by atoms with van der Waals surface area (Å²) in [4.78, 5) is 4.36. The molecule has 20 heavy (non-hydrogen) atoms. The molecule has 0 fully saturated rings. The van der Waals surface area contributed by atoms with E-state index in [1.165, 1.54) is 13.2 Å². The number of nitrogens with one attached hydrogen (secondary N) is 1. The van der Waals surface area contributed by atoms with Crippen molar-refractivity contribution in [2.45, 2.75) is 6.92 Å². The van der Waals surface area contributed by atoms with Gasteiger partial charge in [0.2, 0.25) is 0 Å². The van der Waals surface area contributed by atoms with Crippen molar-refractivity contribution in [1.82, 2.24) is 4.98 Å². The number of hydrogen-bond donors (Lipinski definition) is 1.